The van der Waals surface area contributed by atoms with Crippen LogP contribution in [0.15, 0.2) is 18.2 Å². The molecule has 5 nitrogen and oxygen atoms in total. The molecule has 0 amide bonds. The lowest BCUT2D eigenvalue weighted by Crippen LogP contribution is -2.30. The highest BCUT2D eigenvalue weighted by Crippen LogP contribution is 2.36. The topological polar surface area (TPSA) is 58.4 Å². The Balaban J connectivity index is 2.19. The van der Waals surface area contributed by atoms with Crippen LogP contribution in [0, 0.1) is 16.0 Å². The quantitative estimate of drug-likeness (QED) is 0.586. The zero-order valence-electron chi connectivity index (χ0n) is 13.1. The van der Waals surface area contributed by atoms with E-state index in [1.807, 2.05) is 6.07 Å². The highest BCUT2D eigenvalue weighted by molar-refractivity contribution is 5.66. The SMILES string of the molecule is CCCNc1c(CN(C)C(C)C2CC2)cccc1[N+](=O)[O-]. The number of nitrogens with one attached hydrogen (secondary N) is 1. The third-order valence-electron chi connectivity index (χ3n) is 4.30. The number of para-hydroxylation sites is 1. The molecule has 0 aliphatic heterocycles. The van der Waals surface area contributed by atoms with Gasteiger partial charge < -0.3 is 5.32 Å². The predicted molar refractivity (Wildman–Crippen MR) is 85.5 cm³/mol. The summed E-state index contributed by atoms with van der Waals surface area (Å²) in [5.41, 5.74) is 1.86. The summed E-state index contributed by atoms with van der Waals surface area (Å²) in [6.07, 6.45) is 3.56. The lowest BCUT2D eigenvalue weighted by molar-refractivity contribution is -0.384. The highest BCUT2D eigenvalue weighted by atomic mass is 16.6. The molecule has 0 saturated heterocycles. The van der Waals surface area contributed by atoms with Gasteiger partial charge in [-0.25, -0.2) is 0 Å². The van der Waals surface area contributed by atoms with Crippen molar-refractivity contribution in [2.24, 2.45) is 5.92 Å². The largest absolute Gasteiger partial charge is 0.379 e. The van der Waals surface area contributed by atoms with E-state index in [0.29, 0.717) is 11.7 Å². The van der Waals surface area contributed by atoms with E-state index in [-0.39, 0.29) is 10.6 Å². The van der Waals surface area contributed by atoms with Crippen LogP contribution in [0.25, 0.3) is 0 Å². The van der Waals surface area contributed by atoms with Crippen molar-refractivity contribution in [3.63, 3.8) is 0 Å². The van der Waals surface area contributed by atoms with Crippen LogP contribution in [-0.2, 0) is 6.54 Å². The van der Waals surface area contributed by atoms with Gasteiger partial charge in [0, 0.05) is 25.2 Å². The maximum Gasteiger partial charge on any atom is 0.292 e. The average Bonchev–Trinajstić information content (AvgIpc) is 3.29. The Morgan fingerprint density at radius 3 is 2.76 bits per heavy atom. The fourth-order valence-electron chi connectivity index (χ4n) is 2.68. The van der Waals surface area contributed by atoms with Crippen LogP contribution in [0.2, 0.25) is 0 Å². The van der Waals surface area contributed by atoms with Crippen molar-refractivity contribution < 1.29 is 4.92 Å². The van der Waals surface area contributed by atoms with Crippen LogP contribution in [-0.4, -0.2) is 29.5 Å². The molecule has 116 valence electrons. The molecule has 1 fully saturated rings. The molecule has 1 N–H and O–H groups in total. The number of nitro benzene ring substituents is 1. The molecule has 0 heterocycles. The summed E-state index contributed by atoms with van der Waals surface area (Å²) in [7, 11) is 2.10. The van der Waals surface area contributed by atoms with Gasteiger partial charge in [0.05, 0.1) is 4.92 Å². The van der Waals surface area contributed by atoms with Gasteiger partial charge in [0.1, 0.15) is 5.69 Å². The van der Waals surface area contributed by atoms with Crippen molar-refractivity contribution in [2.45, 2.75) is 45.7 Å². The second-order valence-corrected chi connectivity index (χ2v) is 5.99. The summed E-state index contributed by atoms with van der Waals surface area (Å²) in [5.74, 6) is 0.792. The molecule has 1 atom stereocenters. The fraction of sp³-hybridized carbons (Fsp3) is 0.625. The number of nitro groups is 1. The van der Waals surface area contributed by atoms with Gasteiger partial charge in [-0.1, -0.05) is 19.1 Å². The number of hydrogen-bond donors (Lipinski definition) is 1. The zero-order valence-corrected chi connectivity index (χ0v) is 13.1. The summed E-state index contributed by atoms with van der Waals surface area (Å²) in [4.78, 5) is 13.2. The van der Waals surface area contributed by atoms with E-state index in [1.54, 1.807) is 12.1 Å². The molecule has 0 spiro atoms. The predicted octanol–water partition coefficient (Wildman–Crippen LogP) is 3.65. The molecule has 1 aliphatic carbocycles. The van der Waals surface area contributed by atoms with E-state index in [4.69, 9.17) is 0 Å². The maximum atomic E-state index is 11.2. The first kappa shape index (κ1) is 15.8. The Morgan fingerprint density at radius 1 is 1.48 bits per heavy atom. The summed E-state index contributed by atoms with van der Waals surface area (Å²) < 4.78 is 0. The Hall–Kier alpha value is -1.62. The first-order chi connectivity index (χ1) is 10.0. The lowest BCUT2D eigenvalue weighted by atomic mass is 10.1. The molecule has 21 heavy (non-hydrogen) atoms. The van der Waals surface area contributed by atoms with E-state index in [1.165, 1.54) is 12.8 Å². The molecular formula is C16H25N3O2. The Kier molecular flexibility index (Phi) is 5.17. The average molecular weight is 291 g/mol. The first-order valence-electron chi connectivity index (χ1n) is 7.75. The van der Waals surface area contributed by atoms with Gasteiger partial charge in [0.2, 0.25) is 0 Å². The van der Waals surface area contributed by atoms with Crippen molar-refractivity contribution in [1.82, 2.24) is 4.90 Å². The summed E-state index contributed by atoms with van der Waals surface area (Å²) in [5, 5.41) is 14.5. The highest BCUT2D eigenvalue weighted by Gasteiger charge is 2.31. The van der Waals surface area contributed by atoms with Crippen LogP contribution in [0.5, 0.6) is 0 Å². The first-order valence-corrected chi connectivity index (χ1v) is 7.75. The molecule has 1 saturated carbocycles. The van der Waals surface area contributed by atoms with E-state index < -0.39 is 0 Å². The molecule has 1 aromatic carbocycles. The van der Waals surface area contributed by atoms with Gasteiger partial charge >= 0.3 is 0 Å². The smallest absolute Gasteiger partial charge is 0.292 e. The van der Waals surface area contributed by atoms with Crippen LogP contribution in [0.1, 0.15) is 38.7 Å². The second kappa shape index (κ2) is 6.89. The normalized spacial score (nSPS) is 16.0. The number of rotatable bonds is 8. The Morgan fingerprint density at radius 2 is 2.19 bits per heavy atom. The molecule has 1 aliphatic rings. The molecule has 0 aromatic heterocycles. The maximum absolute atomic E-state index is 11.2. The van der Waals surface area contributed by atoms with Gasteiger partial charge in [-0.15, -0.1) is 0 Å². The minimum Gasteiger partial charge on any atom is -0.379 e. The monoisotopic (exact) mass is 291 g/mol. The third-order valence-corrected chi connectivity index (χ3v) is 4.30. The van der Waals surface area contributed by atoms with Gasteiger partial charge in [-0.05, 0) is 44.7 Å². The molecule has 5 heteroatoms. The van der Waals surface area contributed by atoms with Crippen molar-refractivity contribution in [1.29, 1.82) is 0 Å². The number of hydrogen-bond acceptors (Lipinski definition) is 4. The summed E-state index contributed by atoms with van der Waals surface area (Å²) in [6.45, 7) is 5.79. The van der Waals surface area contributed by atoms with Gasteiger partial charge in [-0.3, -0.25) is 15.0 Å². The lowest BCUT2D eigenvalue weighted by Gasteiger charge is -2.25. The van der Waals surface area contributed by atoms with E-state index >= 15 is 0 Å². The van der Waals surface area contributed by atoms with Gasteiger partial charge in [0.15, 0.2) is 0 Å². The van der Waals surface area contributed by atoms with Gasteiger partial charge in [-0.2, -0.15) is 0 Å². The van der Waals surface area contributed by atoms with Crippen molar-refractivity contribution >= 4 is 11.4 Å². The number of benzene rings is 1. The van der Waals surface area contributed by atoms with Crippen LogP contribution in [0.4, 0.5) is 11.4 Å². The zero-order chi connectivity index (χ0) is 15.4. The Bertz CT molecular complexity index is 500. The summed E-state index contributed by atoms with van der Waals surface area (Å²) in [6, 6.07) is 5.87. The Labute approximate surface area is 126 Å². The van der Waals surface area contributed by atoms with Crippen LogP contribution >= 0.6 is 0 Å². The molecule has 1 aromatic rings. The number of nitrogens with zero attached hydrogens (tertiary/aromatic N) is 2. The second-order valence-electron chi connectivity index (χ2n) is 5.99. The molecule has 0 radical (unpaired) electrons. The van der Waals surface area contributed by atoms with Crippen LogP contribution in [0.3, 0.4) is 0 Å². The summed E-state index contributed by atoms with van der Waals surface area (Å²) >= 11 is 0. The number of anilines is 1. The van der Waals surface area contributed by atoms with Crippen molar-refractivity contribution in [2.75, 3.05) is 18.9 Å². The van der Waals surface area contributed by atoms with E-state index in [2.05, 4.69) is 31.1 Å². The minimum absolute atomic E-state index is 0.174. The molecule has 1 unspecified atom stereocenters. The molecular weight excluding hydrogens is 266 g/mol. The van der Waals surface area contributed by atoms with Crippen molar-refractivity contribution in [3.8, 4) is 0 Å². The minimum atomic E-state index is -0.300. The standard InChI is InChI=1S/C16H25N3O2/c1-4-10-17-16-14(6-5-7-15(16)19(20)21)11-18(3)12(2)13-8-9-13/h5-7,12-13,17H,4,8-11H2,1-3H3. The molecule has 2 rings (SSSR count). The fourth-order valence-corrected chi connectivity index (χ4v) is 2.68. The van der Waals surface area contributed by atoms with E-state index in [9.17, 15) is 10.1 Å². The van der Waals surface area contributed by atoms with E-state index in [0.717, 1.165) is 31.0 Å². The third kappa shape index (κ3) is 3.94. The van der Waals surface area contributed by atoms with Gasteiger partial charge in [0.25, 0.3) is 5.69 Å². The van der Waals surface area contributed by atoms with Crippen LogP contribution < -0.4 is 5.32 Å². The molecule has 0 bridgehead atoms. The van der Waals surface area contributed by atoms with Crippen molar-refractivity contribution in [3.05, 3.63) is 33.9 Å².